The molecule has 1 aromatic carbocycles. The summed E-state index contributed by atoms with van der Waals surface area (Å²) in [5.74, 6) is 1.14. The summed E-state index contributed by atoms with van der Waals surface area (Å²) in [6.07, 6.45) is 0. The fourth-order valence-electron chi connectivity index (χ4n) is 1.33. The van der Waals surface area contributed by atoms with Crippen molar-refractivity contribution in [3.63, 3.8) is 0 Å². The molecule has 0 aromatic heterocycles. The van der Waals surface area contributed by atoms with Crippen molar-refractivity contribution in [1.29, 1.82) is 0 Å². The smallest absolute Gasteiger partial charge is 0.0213 e. The summed E-state index contributed by atoms with van der Waals surface area (Å²) in [5, 5.41) is 3.20. The summed E-state index contributed by atoms with van der Waals surface area (Å²) in [6, 6.07) is 6.65. The van der Waals surface area contributed by atoms with E-state index in [9.17, 15) is 0 Å². The average Bonchev–Trinajstić information content (AvgIpc) is 2.10. The van der Waals surface area contributed by atoms with Gasteiger partial charge in [0.05, 0.1) is 0 Å². The molecule has 1 aromatic rings. The average molecular weight is 195 g/mol. The maximum atomic E-state index is 3.20. The van der Waals surface area contributed by atoms with E-state index in [1.54, 1.807) is 0 Å². The molecule has 13 heavy (non-hydrogen) atoms. The number of aryl methyl sites for hydroxylation is 1. The van der Waals surface area contributed by atoms with Crippen LogP contribution in [0.4, 0.5) is 0 Å². The first-order chi connectivity index (χ1) is 6.27. The number of benzene rings is 1. The lowest BCUT2D eigenvalue weighted by atomic mass is 10.1. The van der Waals surface area contributed by atoms with Gasteiger partial charge in [0.15, 0.2) is 0 Å². The first-order valence-corrected chi connectivity index (χ1v) is 5.63. The molecule has 0 amide bonds. The van der Waals surface area contributed by atoms with Crippen molar-refractivity contribution in [1.82, 2.24) is 5.32 Å². The van der Waals surface area contributed by atoms with Gasteiger partial charge in [-0.15, -0.1) is 11.8 Å². The Bertz CT molecular complexity index is 271. The molecule has 0 spiro atoms. The molecule has 0 atom stereocenters. The Morgan fingerprint density at radius 1 is 1.38 bits per heavy atom. The SMILES string of the molecule is CCSc1ccc(C)cc1CNC. The van der Waals surface area contributed by atoms with E-state index < -0.39 is 0 Å². The maximum Gasteiger partial charge on any atom is 0.0213 e. The molecule has 1 N–H and O–H groups in total. The Labute approximate surface area is 84.9 Å². The van der Waals surface area contributed by atoms with E-state index in [0.717, 1.165) is 12.3 Å². The normalized spacial score (nSPS) is 10.4. The summed E-state index contributed by atoms with van der Waals surface area (Å²) in [6.45, 7) is 5.29. The van der Waals surface area contributed by atoms with Gasteiger partial charge in [0, 0.05) is 11.4 Å². The molecule has 0 fully saturated rings. The van der Waals surface area contributed by atoms with Gasteiger partial charge in [-0.05, 0) is 31.4 Å². The van der Waals surface area contributed by atoms with E-state index in [4.69, 9.17) is 0 Å². The highest BCUT2D eigenvalue weighted by Gasteiger charge is 2.00. The van der Waals surface area contributed by atoms with Gasteiger partial charge in [-0.25, -0.2) is 0 Å². The van der Waals surface area contributed by atoms with Crippen molar-refractivity contribution in [2.45, 2.75) is 25.3 Å². The van der Waals surface area contributed by atoms with Gasteiger partial charge in [-0.3, -0.25) is 0 Å². The first-order valence-electron chi connectivity index (χ1n) is 4.65. The predicted octanol–water partition coefficient (Wildman–Crippen LogP) is 2.83. The van der Waals surface area contributed by atoms with Crippen LogP contribution in [0.15, 0.2) is 23.1 Å². The summed E-state index contributed by atoms with van der Waals surface area (Å²) in [5.41, 5.74) is 2.75. The van der Waals surface area contributed by atoms with E-state index in [0.29, 0.717) is 0 Å². The Morgan fingerprint density at radius 2 is 2.15 bits per heavy atom. The molecular weight excluding hydrogens is 178 g/mol. The van der Waals surface area contributed by atoms with Crippen LogP contribution in [0.25, 0.3) is 0 Å². The van der Waals surface area contributed by atoms with Crippen molar-refractivity contribution < 1.29 is 0 Å². The van der Waals surface area contributed by atoms with Crippen molar-refractivity contribution >= 4 is 11.8 Å². The molecule has 0 radical (unpaired) electrons. The van der Waals surface area contributed by atoms with Crippen molar-refractivity contribution in [2.75, 3.05) is 12.8 Å². The minimum absolute atomic E-state index is 0.962. The highest BCUT2D eigenvalue weighted by molar-refractivity contribution is 7.99. The van der Waals surface area contributed by atoms with Crippen molar-refractivity contribution in [3.05, 3.63) is 29.3 Å². The van der Waals surface area contributed by atoms with E-state index in [1.165, 1.54) is 16.0 Å². The minimum atomic E-state index is 0.962. The zero-order chi connectivity index (χ0) is 9.68. The van der Waals surface area contributed by atoms with Crippen LogP contribution < -0.4 is 5.32 Å². The van der Waals surface area contributed by atoms with Crippen LogP contribution in [-0.4, -0.2) is 12.8 Å². The van der Waals surface area contributed by atoms with Crippen molar-refractivity contribution in [3.8, 4) is 0 Å². The van der Waals surface area contributed by atoms with E-state index in [2.05, 4.69) is 37.4 Å². The second-order valence-corrected chi connectivity index (χ2v) is 4.38. The van der Waals surface area contributed by atoms with Gasteiger partial charge in [0.1, 0.15) is 0 Å². The Kier molecular flexibility index (Phi) is 4.33. The Hall–Kier alpha value is -0.470. The Morgan fingerprint density at radius 3 is 2.77 bits per heavy atom. The van der Waals surface area contributed by atoms with Gasteiger partial charge in [-0.1, -0.05) is 24.6 Å². The zero-order valence-electron chi connectivity index (χ0n) is 8.55. The maximum absolute atomic E-state index is 3.20. The molecule has 0 bridgehead atoms. The molecule has 0 unspecified atom stereocenters. The molecule has 0 aliphatic heterocycles. The topological polar surface area (TPSA) is 12.0 Å². The molecule has 0 heterocycles. The number of thioether (sulfide) groups is 1. The molecule has 1 rings (SSSR count). The molecule has 2 heteroatoms. The lowest BCUT2D eigenvalue weighted by Gasteiger charge is -2.08. The van der Waals surface area contributed by atoms with Gasteiger partial charge in [0.2, 0.25) is 0 Å². The van der Waals surface area contributed by atoms with Crippen LogP contribution in [0.5, 0.6) is 0 Å². The third-order valence-corrected chi connectivity index (χ3v) is 2.88. The largest absolute Gasteiger partial charge is 0.316 e. The highest BCUT2D eigenvalue weighted by atomic mass is 32.2. The van der Waals surface area contributed by atoms with E-state index in [1.807, 2.05) is 18.8 Å². The summed E-state index contributed by atoms with van der Waals surface area (Å²) < 4.78 is 0. The lowest BCUT2D eigenvalue weighted by molar-refractivity contribution is 0.802. The van der Waals surface area contributed by atoms with Crippen LogP contribution in [0, 0.1) is 6.92 Å². The standard InChI is InChI=1S/C11H17NS/c1-4-13-11-6-5-9(2)7-10(11)8-12-3/h5-7,12H,4,8H2,1-3H3. The first kappa shape index (κ1) is 10.6. The summed E-state index contributed by atoms with van der Waals surface area (Å²) in [4.78, 5) is 1.41. The molecule has 0 aliphatic carbocycles. The second-order valence-electron chi connectivity index (χ2n) is 3.07. The second kappa shape index (κ2) is 5.30. The molecule has 0 saturated carbocycles. The molecule has 1 nitrogen and oxygen atoms in total. The quantitative estimate of drug-likeness (QED) is 0.741. The third-order valence-electron chi connectivity index (χ3n) is 1.88. The van der Waals surface area contributed by atoms with Crippen LogP contribution in [0.3, 0.4) is 0 Å². The van der Waals surface area contributed by atoms with Crippen LogP contribution in [-0.2, 0) is 6.54 Å². The minimum Gasteiger partial charge on any atom is -0.316 e. The fraction of sp³-hybridized carbons (Fsp3) is 0.455. The van der Waals surface area contributed by atoms with Crippen LogP contribution >= 0.6 is 11.8 Å². The van der Waals surface area contributed by atoms with Gasteiger partial charge in [0.25, 0.3) is 0 Å². The molecular formula is C11H17NS. The van der Waals surface area contributed by atoms with Crippen LogP contribution in [0.1, 0.15) is 18.1 Å². The highest BCUT2D eigenvalue weighted by Crippen LogP contribution is 2.23. The fourth-order valence-corrected chi connectivity index (χ4v) is 2.12. The van der Waals surface area contributed by atoms with E-state index >= 15 is 0 Å². The van der Waals surface area contributed by atoms with Gasteiger partial charge in [-0.2, -0.15) is 0 Å². The van der Waals surface area contributed by atoms with Gasteiger partial charge >= 0.3 is 0 Å². The molecule has 72 valence electrons. The zero-order valence-corrected chi connectivity index (χ0v) is 9.37. The van der Waals surface area contributed by atoms with E-state index in [-0.39, 0.29) is 0 Å². The number of rotatable bonds is 4. The lowest BCUT2D eigenvalue weighted by Crippen LogP contribution is -2.06. The third kappa shape index (κ3) is 3.05. The number of nitrogens with one attached hydrogen (secondary N) is 1. The number of hydrogen-bond donors (Lipinski definition) is 1. The molecule has 0 aliphatic rings. The van der Waals surface area contributed by atoms with Gasteiger partial charge < -0.3 is 5.32 Å². The summed E-state index contributed by atoms with van der Waals surface area (Å²) >= 11 is 1.91. The monoisotopic (exact) mass is 195 g/mol. The summed E-state index contributed by atoms with van der Waals surface area (Å²) in [7, 11) is 1.99. The Balaban J connectivity index is 2.89. The van der Waals surface area contributed by atoms with Crippen LogP contribution in [0.2, 0.25) is 0 Å². The molecule has 0 saturated heterocycles. The number of hydrogen-bond acceptors (Lipinski definition) is 2. The van der Waals surface area contributed by atoms with Crippen molar-refractivity contribution in [2.24, 2.45) is 0 Å². The predicted molar refractivity (Wildman–Crippen MR) is 60.3 cm³/mol.